The molecule has 0 aliphatic rings. The van der Waals surface area contributed by atoms with Crippen LogP contribution < -0.4 is 4.74 Å². The second-order valence-corrected chi connectivity index (χ2v) is 4.53. The van der Waals surface area contributed by atoms with Crippen LogP contribution in [0.1, 0.15) is 11.1 Å². The number of fused-ring (bicyclic) bond motifs is 1. The number of benzene rings is 2. The average Bonchev–Trinajstić information content (AvgIpc) is 2.83. The average molecular weight is 255 g/mol. The molecule has 0 saturated heterocycles. The number of aryl methyl sites for hydroxylation is 1. The van der Waals surface area contributed by atoms with E-state index in [1.807, 2.05) is 37.3 Å². The highest BCUT2D eigenvalue weighted by Crippen LogP contribution is 2.23. The molecular weight excluding hydrogens is 241 g/mol. The Kier molecular flexibility index (Phi) is 2.95. The molecule has 0 aliphatic heterocycles. The molecule has 0 radical (unpaired) electrons. The Hall–Kier alpha value is -2.29. The molecule has 19 heavy (non-hydrogen) atoms. The summed E-state index contributed by atoms with van der Waals surface area (Å²) in [4.78, 5) is 2.95. The van der Waals surface area contributed by atoms with E-state index in [-0.39, 0.29) is 5.82 Å². The van der Waals surface area contributed by atoms with E-state index in [2.05, 4.69) is 4.98 Å². The van der Waals surface area contributed by atoms with Crippen molar-refractivity contribution < 1.29 is 9.13 Å². The molecule has 1 heterocycles. The quantitative estimate of drug-likeness (QED) is 0.745. The summed E-state index contributed by atoms with van der Waals surface area (Å²) in [6, 6.07) is 12.9. The summed E-state index contributed by atoms with van der Waals surface area (Å²) in [5.74, 6) is 0.618. The molecule has 0 atom stereocenters. The summed E-state index contributed by atoms with van der Waals surface area (Å²) < 4.78 is 19.3. The molecule has 3 aromatic rings. The number of aromatic amines is 1. The van der Waals surface area contributed by atoms with Gasteiger partial charge in [-0.05, 0) is 24.6 Å². The van der Waals surface area contributed by atoms with Gasteiger partial charge in [0.05, 0.1) is 5.52 Å². The minimum atomic E-state index is -0.236. The maximum Gasteiger partial charge on any atom is 0.147 e. The Morgan fingerprint density at radius 1 is 1.11 bits per heavy atom. The lowest BCUT2D eigenvalue weighted by atomic mass is 10.2. The lowest BCUT2D eigenvalue weighted by molar-refractivity contribution is 0.305. The van der Waals surface area contributed by atoms with Crippen molar-refractivity contribution in [2.45, 2.75) is 13.5 Å². The number of hydrogen-bond donors (Lipinski definition) is 1. The van der Waals surface area contributed by atoms with Crippen molar-refractivity contribution >= 4 is 10.9 Å². The highest BCUT2D eigenvalue weighted by atomic mass is 19.1. The van der Waals surface area contributed by atoms with Crippen molar-refractivity contribution in [2.24, 2.45) is 0 Å². The number of aromatic nitrogens is 1. The van der Waals surface area contributed by atoms with Gasteiger partial charge in [0.15, 0.2) is 0 Å². The van der Waals surface area contributed by atoms with Gasteiger partial charge in [-0.2, -0.15) is 0 Å². The molecule has 0 bridgehead atoms. The molecule has 0 saturated carbocycles. The van der Waals surface area contributed by atoms with Crippen LogP contribution in [-0.2, 0) is 6.61 Å². The Morgan fingerprint density at radius 3 is 2.79 bits per heavy atom. The van der Waals surface area contributed by atoms with Gasteiger partial charge in [0.2, 0.25) is 0 Å². The zero-order valence-corrected chi connectivity index (χ0v) is 10.6. The Balaban J connectivity index is 1.87. The molecule has 0 fully saturated rings. The minimum absolute atomic E-state index is 0.236. The van der Waals surface area contributed by atoms with E-state index in [1.54, 1.807) is 12.3 Å². The minimum Gasteiger partial charge on any atom is -0.489 e. The van der Waals surface area contributed by atoms with Gasteiger partial charge >= 0.3 is 0 Å². The van der Waals surface area contributed by atoms with Gasteiger partial charge in [0, 0.05) is 17.1 Å². The van der Waals surface area contributed by atoms with E-state index < -0.39 is 0 Å². The maximum atomic E-state index is 13.6. The fourth-order valence-corrected chi connectivity index (χ4v) is 2.17. The molecule has 96 valence electrons. The maximum absolute atomic E-state index is 13.6. The number of rotatable bonds is 3. The Morgan fingerprint density at radius 2 is 1.95 bits per heavy atom. The van der Waals surface area contributed by atoms with E-state index in [0.29, 0.717) is 12.1 Å². The Labute approximate surface area is 110 Å². The number of ether oxygens (including phenoxy) is 1. The van der Waals surface area contributed by atoms with Gasteiger partial charge in [0.25, 0.3) is 0 Å². The Bertz CT molecular complexity index is 718. The second kappa shape index (κ2) is 4.76. The molecule has 0 aliphatic carbocycles. The number of halogens is 1. The monoisotopic (exact) mass is 255 g/mol. The summed E-state index contributed by atoms with van der Waals surface area (Å²) in [5, 5.41) is 0.869. The summed E-state index contributed by atoms with van der Waals surface area (Å²) >= 11 is 0. The molecule has 3 rings (SSSR count). The van der Waals surface area contributed by atoms with Gasteiger partial charge in [-0.3, -0.25) is 0 Å². The number of nitrogens with one attached hydrogen (secondary N) is 1. The van der Waals surface area contributed by atoms with Crippen LogP contribution in [0, 0.1) is 12.7 Å². The van der Waals surface area contributed by atoms with Crippen LogP contribution in [0.15, 0.2) is 48.7 Å². The van der Waals surface area contributed by atoms with Crippen LogP contribution in [0.25, 0.3) is 10.9 Å². The smallest absolute Gasteiger partial charge is 0.147 e. The van der Waals surface area contributed by atoms with Crippen LogP contribution in [0.2, 0.25) is 0 Å². The number of para-hydroxylation sites is 2. The highest BCUT2D eigenvalue weighted by Gasteiger charge is 2.08. The molecule has 1 N–H and O–H groups in total. The van der Waals surface area contributed by atoms with Crippen LogP contribution in [0.4, 0.5) is 4.39 Å². The highest BCUT2D eigenvalue weighted by molar-refractivity contribution is 5.83. The lowest BCUT2D eigenvalue weighted by Gasteiger charge is -2.08. The van der Waals surface area contributed by atoms with E-state index in [9.17, 15) is 4.39 Å². The first-order chi connectivity index (χ1) is 9.25. The SMILES string of the molecule is Cc1ccccc1OCc1c[nH]c2c(F)cccc12. The first kappa shape index (κ1) is 11.8. The molecule has 2 nitrogen and oxygen atoms in total. The predicted molar refractivity (Wildman–Crippen MR) is 73.8 cm³/mol. The first-order valence-electron chi connectivity index (χ1n) is 6.18. The van der Waals surface area contributed by atoms with Crippen LogP contribution in [-0.4, -0.2) is 4.98 Å². The van der Waals surface area contributed by atoms with Crippen molar-refractivity contribution in [3.63, 3.8) is 0 Å². The second-order valence-electron chi connectivity index (χ2n) is 4.53. The van der Waals surface area contributed by atoms with E-state index in [4.69, 9.17) is 4.74 Å². The van der Waals surface area contributed by atoms with Crippen molar-refractivity contribution in [3.8, 4) is 5.75 Å². The van der Waals surface area contributed by atoms with Crippen molar-refractivity contribution in [1.29, 1.82) is 0 Å². The van der Waals surface area contributed by atoms with Crippen LogP contribution in [0.3, 0.4) is 0 Å². The van der Waals surface area contributed by atoms with Gasteiger partial charge < -0.3 is 9.72 Å². The molecular formula is C16H14FNO. The molecule has 0 amide bonds. The summed E-state index contributed by atoms with van der Waals surface area (Å²) in [5.41, 5.74) is 2.58. The third-order valence-electron chi connectivity index (χ3n) is 3.23. The van der Waals surface area contributed by atoms with Crippen molar-refractivity contribution in [2.75, 3.05) is 0 Å². The van der Waals surface area contributed by atoms with Crippen LogP contribution >= 0.6 is 0 Å². The van der Waals surface area contributed by atoms with Crippen molar-refractivity contribution in [1.82, 2.24) is 4.98 Å². The van der Waals surface area contributed by atoms with Gasteiger partial charge in [-0.1, -0.05) is 30.3 Å². The predicted octanol–water partition coefficient (Wildman–Crippen LogP) is 4.19. The third kappa shape index (κ3) is 2.19. The van der Waals surface area contributed by atoms with E-state index >= 15 is 0 Å². The van der Waals surface area contributed by atoms with Crippen molar-refractivity contribution in [3.05, 3.63) is 65.6 Å². The normalized spacial score (nSPS) is 10.8. The topological polar surface area (TPSA) is 25.0 Å². The molecule has 3 heteroatoms. The third-order valence-corrected chi connectivity index (χ3v) is 3.23. The fraction of sp³-hybridized carbons (Fsp3) is 0.125. The molecule has 1 aromatic heterocycles. The van der Waals surface area contributed by atoms with E-state index in [1.165, 1.54) is 6.07 Å². The summed E-state index contributed by atoms with van der Waals surface area (Å²) in [6.45, 7) is 2.43. The zero-order valence-electron chi connectivity index (χ0n) is 10.6. The fourth-order valence-electron chi connectivity index (χ4n) is 2.17. The van der Waals surface area contributed by atoms with Gasteiger partial charge in [-0.25, -0.2) is 4.39 Å². The van der Waals surface area contributed by atoms with E-state index in [0.717, 1.165) is 22.3 Å². The van der Waals surface area contributed by atoms with Gasteiger partial charge in [-0.15, -0.1) is 0 Å². The summed E-state index contributed by atoms with van der Waals surface area (Å²) in [7, 11) is 0. The number of hydrogen-bond acceptors (Lipinski definition) is 1. The lowest BCUT2D eigenvalue weighted by Crippen LogP contribution is -1.96. The van der Waals surface area contributed by atoms with Crippen LogP contribution in [0.5, 0.6) is 5.75 Å². The standard InChI is InChI=1S/C16H14FNO/c1-11-5-2-3-8-15(11)19-10-12-9-18-16-13(12)6-4-7-14(16)17/h2-9,18H,10H2,1H3. The molecule has 0 spiro atoms. The first-order valence-corrected chi connectivity index (χ1v) is 6.18. The number of H-pyrrole nitrogens is 1. The summed E-state index contributed by atoms with van der Waals surface area (Å²) in [6.07, 6.45) is 1.80. The molecule has 2 aromatic carbocycles. The zero-order chi connectivity index (χ0) is 13.2. The largest absolute Gasteiger partial charge is 0.489 e. The van der Waals surface area contributed by atoms with Gasteiger partial charge in [0.1, 0.15) is 18.2 Å². The molecule has 0 unspecified atom stereocenters.